The van der Waals surface area contributed by atoms with E-state index < -0.39 is 67.9 Å². The highest BCUT2D eigenvalue weighted by Gasteiger charge is 2.49. The molecule has 0 saturated carbocycles. The van der Waals surface area contributed by atoms with Gasteiger partial charge in [-0.3, -0.25) is 0 Å². The summed E-state index contributed by atoms with van der Waals surface area (Å²) in [6.07, 6.45) is -12.9. The topological polar surface area (TPSA) is 197 Å². The van der Waals surface area contributed by atoms with Gasteiger partial charge in [0.1, 0.15) is 36.7 Å². The van der Waals surface area contributed by atoms with Gasteiger partial charge in [-0.25, -0.2) is 0 Å². The highest BCUT2D eigenvalue weighted by molar-refractivity contribution is 4.90. The molecule has 13 nitrogen and oxygen atoms in total. The summed E-state index contributed by atoms with van der Waals surface area (Å²) in [6, 6.07) is 0. The van der Waals surface area contributed by atoms with Gasteiger partial charge in [-0.15, -0.1) is 5.06 Å². The monoisotopic (exact) mass is 454 g/mol. The Hall–Kier alpha value is -0.520. The minimum atomic E-state index is -1.49. The van der Waals surface area contributed by atoms with E-state index in [0.717, 1.165) is 0 Å². The normalized spacial score (nSPS) is 52.3. The van der Waals surface area contributed by atoms with Gasteiger partial charge in [-0.2, -0.15) is 0 Å². The minimum absolute atomic E-state index is 0.146. The first kappa shape index (κ1) is 25.1. The molecule has 0 radical (unpaired) electrons. The van der Waals surface area contributed by atoms with Crippen LogP contribution in [0.25, 0.3) is 0 Å². The Bertz CT molecular complexity index is 587. The molecule has 3 aliphatic rings. The molecule has 0 aromatic rings. The van der Waals surface area contributed by atoms with Gasteiger partial charge in [0.2, 0.25) is 6.41 Å². The molecule has 0 aromatic heterocycles. The summed E-state index contributed by atoms with van der Waals surface area (Å²) in [6.45, 7) is 4.59. The number of rotatable bonds is 5. The first-order valence-electron chi connectivity index (χ1n) is 10.4. The fraction of sp³-hybridized carbons (Fsp3) is 1.00. The van der Waals surface area contributed by atoms with Gasteiger partial charge in [-0.05, 0) is 18.8 Å². The number of aliphatic hydroxyl groups is 5. The van der Waals surface area contributed by atoms with Crippen LogP contribution in [0.3, 0.4) is 0 Å². The van der Waals surface area contributed by atoms with E-state index in [1.165, 1.54) is 0 Å². The molecule has 182 valence electrons. The molecule has 3 rings (SSSR count). The Kier molecular flexibility index (Phi) is 8.24. The maximum Gasteiger partial charge on any atom is 0.243 e. The summed E-state index contributed by atoms with van der Waals surface area (Å²) in [5, 5.41) is 61.6. The lowest BCUT2D eigenvalue weighted by atomic mass is 9.84. The van der Waals surface area contributed by atoms with Crippen LogP contribution in [0.4, 0.5) is 0 Å². The molecule has 3 saturated heterocycles. The predicted molar refractivity (Wildman–Crippen MR) is 99.7 cm³/mol. The second-order valence-electron chi connectivity index (χ2n) is 8.44. The van der Waals surface area contributed by atoms with Crippen LogP contribution in [-0.2, 0) is 23.7 Å². The average Bonchev–Trinajstić information content (AvgIpc) is 2.73. The Morgan fingerprint density at radius 2 is 1.65 bits per heavy atom. The van der Waals surface area contributed by atoms with Gasteiger partial charge in [0.25, 0.3) is 0 Å². The molecule has 0 spiro atoms. The first-order valence-corrected chi connectivity index (χ1v) is 10.4. The Morgan fingerprint density at radius 1 is 0.968 bits per heavy atom. The molecule has 13 unspecified atom stereocenters. The molecule has 3 fully saturated rings. The first-order chi connectivity index (χ1) is 14.6. The lowest BCUT2D eigenvalue weighted by molar-refractivity contribution is -0.443. The third-order valence-corrected chi connectivity index (χ3v) is 6.34. The van der Waals surface area contributed by atoms with Crippen LogP contribution >= 0.6 is 0 Å². The predicted octanol–water partition coefficient (Wildman–Crippen LogP) is -3.14. The summed E-state index contributed by atoms with van der Waals surface area (Å²) in [5.41, 5.74) is 5.60. The molecular weight excluding hydrogens is 420 g/mol. The molecule has 3 aliphatic heterocycles. The fourth-order valence-electron chi connectivity index (χ4n) is 4.02. The third kappa shape index (κ3) is 5.04. The number of ether oxygens (including phenoxy) is 5. The molecule has 0 aliphatic carbocycles. The number of nitrogens with zero attached hydrogens (tertiary/aromatic N) is 1. The number of hydrogen-bond donors (Lipinski definition) is 7. The average molecular weight is 454 g/mol. The van der Waals surface area contributed by atoms with Crippen LogP contribution in [0, 0.1) is 11.8 Å². The lowest BCUT2D eigenvalue weighted by Crippen LogP contribution is -2.65. The van der Waals surface area contributed by atoms with E-state index in [-0.39, 0.29) is 25.0 Å². The van der Waals surface area contributed by atoms with Crippen LogP contribution in [0.15, 0.2) is 0 Å². The summed E-state index contributed by atoms with van der Waals surface area (Å²) >= 11 is 0. The second kappa shape index (κ2) is 10.2. The standard InChI is InChI=1S/C18H34N2O11/c1-6-7(2)11(23)17(29-10(6)4-21)31-16-9(22)5-27-18(20(16)26)30-14-8(3)28-15(19)13(25)12(14)24/h6-18,21-26H,4-5,19H2,1-3H3. The zero-order valence-corrected chi connectivity index (χ0v) is 17.7. The van der Waals surface area contributed by atoms with Crippen LogP contribution in [0.2, 0.25) is 0 Å². The van der Waals surface area contributed by atoms with E-state index in [9.17, 15) is 30.7 Å². The quantitative estimate of drug-likeness (QED) is 0.220. The Labute approximate surface area is 179 Å². The van der Waals surface area contributed by atoms with Crippen molar-refractivity contribution in [3.8, 4) is 0 Å². The zero-order chi connectivity index (χ0) is 23.0. The van der Waals surface area contributed by atoms with Crippen molar-refractivity contribution in [3.63, 3.8) is 0 Å². The van der Waals surface area contributed by atoms with Crippen molar-refractivity contribution in [3.05, 3.63) is 0 Å². The highest BCUT2D eigenvalue weighted by Crippen LogP contribution is 2.33. The summed E-state index contributed by atoms with van der Waals surface area (Å²) in [7, 11) is 0. The molecule has 3 heterocycles. The highest BCUT2D eigenvalue weighted by atomic mass is 16.8. The molecule has 31 heavy (non-hydrogen) atoms. The van der Waals surface area contributed by atoms with Crippen molar-refractivity contribution in [2.24, 2.45) is 17.6 Å². The number of aliphatic hydroxyl groups excluding tert-OH is 5. The Balaban J connectivity index is 1.68. The number of hydrogen-bond acceptors (Lipinski definition) is 13. The minimum Gasteiger partial charge on any atom is -0.394 e. The van der Waals surface area contributed by atoms with Crippen LogP contribution in [0.1, 0.15) is 20.8 Å². The smallest absolute Gasteiger partial charge is 0.243 e. The number of hydroxylamine groups is 2. The molecule has 0 bridgehead atoms. The third-order valence-electron chi connectivity index (χ3n) is 6.34. The van der Waals surface area contributed by atoms with Crippen molar-refractivity contribution in [2.75, 3.05) is 13.2 Å². The van der Waals surface area contributed by atoms with Gasteiger partial charge in [-0.1, -0.05) is 13.8 Å². The molecule has 8 N–H and O–H groups in total. The maximum atomic E-state index is 10.6. The molecule has 0 aromatic carbocycles. The molecular formula is C18H34N2O11. The zero-order valence-electron chi connectivity index (χ0n) is 17.7. The van der Waals surface area contributed by atoms with Crippen molar-refractivity contribution >= 4 is 0 Å². The van der Waals surface area contributed by atoms with Crippen molar-refractivity contribution < 1.29 is 54.4 Å². The van der Waals surface area contributed by atoms with Crippen molar-refractivity contribution in [1.29, 1.82) is 0 Å². The van der Waals surface area contributed by atoms with Gasteiger partial charge in [0.05, 0.1) is 25.4 Å². The van der Waals surface area contributed by atoms with E-state index in [0.29, 0.717) is 5.06 Å². The molecule has 0 amide bonds. The number of nitrogens with two attached hydrogens (primary N) is 1. The summed E-state index contributed by atoms with van der Waals surface area (Å²) in [4.78, 5) is 0. The fourth-order valence-corrected chi connectivity index (χ4v) is 4.02. The van der Waals surface area contributed by atoms with Gasteiger partial charge in [0.15, 0.2) is 12.5 Å². The van der Waals surface area contributed by atoms with E-state index in [1.54, 1.807) is 13.8 Å². The summed E-state index contributed by atoms with van der Waals surface area (Å²) in [5.74, 6) is -0.430. The molecule has 13 atom stereocenters. The summed E-state index contributed by atoms with van der Waals surface area (Å²) < 4.78 is 27.5. The van der Waals surface area contributed by atoms with Crippen molar-refractivity contribution in [2.45, 2.75) is 88.7 Å². The van der Waals surface area contributed by atoms with E-state index in [1.807, 2.05) is 6.92 Å². The largest absolute Gasteiger partial charge is 0.394 e. The van der Waals surface area contributed by atoms with E-state index >= 15 is 0 Å². The lowest BCUT2D eigenvalue weighted by Gasteiger charge is -2.47. The van der Waals surface area contributed by atoms with Crippen LogP contribution in [0.5, 0.6) is 0 Å². The van der Waals surface area contributed by atoms with Crippen LogP contribution < -0.4 is 5.73 Å². The van der Waals surface area contributed by atoms with Gasteiger partial charge in [0, 0.05) is 0 Å². The van der Waals surface area contributed by atoms with Gasteiger partial charge < -0.3 is 60.2 Å². The van der Waals surface area contributed by atoms with Crippen molar-refractivity contribution in [1.82, 2.24) is 5.06 Å². The SMILES string of the molecule is CC1OC(N)C(O)C(O)C1OC1OCC(O)C(OC2OC(CO)C(C)C(C)C2O)N1O. The second-order valence-corrected chi connectivity index (χ2v) is 8.44. The maximum absolute atomic E-state index is 10.6. The van der Waals surface area contributed by atoms with E-state index in [2.05, 4.69) is 0 Å². The van der Waals surface area contributed by atoms with Gasteiger partial charge >= 0.3 is 0 Å². The van der Waals surface area contributed by atoms with Crippen LogP contribution in [-0.4, -0.2) is 117 Å². The molecule has 13 heteroatoms. The Morgan fingerprint density at radius 3 is 2.29 bits per heavy atom. The van der Waals surface area contributed by atoms with E-state index in [4.69, 9.17) is 29.4 Å².